The molecule has 0 radical (unpaired) electrons. The van der Waals surface area contributed by atoms with Crippen molar-refractivity contribution in [3.63, 3.8) is 0 Å². The molecule has 2 aromatic rings. The monoisotopic (exact) mass is 385 g/mol. The zero-order valence-electron chi connectivity index (χ0n) is 15.9. The second-order valence-corrected chi connectivity index (χ2v) is 7.79. The molecule has 148 valence electrons. The Labute approximate surface area is 164 Å². The molecule has 0 aromatic heterocycles. The van der Waals surface area contributed by atoms with Crippen LogP contribution < -0.4 is 5.32 Å². The van der Waals surface area contributed by atoms with Gasteiger partial charge in [0, 0.05) is 18.5 Å². The first-order valence-electron chi connectivity index (χ1n) is 10.00. The molecule has 2 fully saturated rings. The van der Waals surface area contributed by atoms with Gasteiger partial charge >= 0.3 is 0 Å². The Kier molecular flexibility index (Phi) is 5.56. The van der Waals surface area contributed by atoms with Crippen molar-refractivity contribution in [2.75, 3.05) is 0 Å². The van der Waals surface area contributed by atoms with E-state index in [2.05, 4.69) is 5.32 Å². The molecule has 0 saturated carbocycles. The third-order valence-electron chi connectivity index (χ3n) is 6.00. The van der Waals surface area contributed by atoms with E-state index in [0.29, 0.717) is 12.5 Å². The highest BCUT2D eigenvalue weighted by Crippen LogP contribution is 2.38. The maximum Gasteiger partial charge on any atom is 0.139 e. The minimum Gasteiger partial charge on any atom is -0.365 e. The van der Waals surface area contributed by atoms with E-state index < -0.39 is 6.10 Å². The van der Waals surface area contributed by atoms with Crippen molar-refractivity contribution < 1.29 is 18.3 Å². The Morgan fingerprint density at radius 1 is 1.04 bits per heavy atom. The number of carbonyl (C=O) groups excluding carboxylic acids is 1. The molecule has 28 heavy (non-hydrogen) atoms. The fourth-order valence-corrected chi connectivity index (χ4v) is 4.61. The molecule has 1 unspecified atom stereocenters. The van der Waals surface area contributed by atoms with Crippen LogP contribution in [0, 0.1) is 17.6 Å². The maximum absolute atomic E-state index is 13.4. The molecular formula is C23H25F2NO2. The number of piperidine rings is 1. The summed E-state index contributed by atoms with van der Waals surface area (Å²) in [6.45, 7) is 1.89. The van der Waals surface area contributed by atoms with Gasteiger partial charge in [-0.15, -0.1) is 0 Å². The average molecular weight is 385 g/mol. The third-order valence-corrected chi connectivity index (χ3v) is 6.00. The summed E-state index contributed by atoms with van der Waals surface area (Å²) < 4.78 is 33.4. The first kappa shape index (κ1) is 19.2. The Bertz CT molecular complexity index is 776. The summed E-state index contributed by atoms with van der Waals surface area (Å²) in [4.78, 5) is 12.7. The third kappa shape index (κ3) is 3.87. The molecule has 2 saturated heterocycles. The second kappa shape index (κ2) is 8.10. The number of nitrogens with one attached hydrogen (secondary N) is 1. The standard InChI is InChI=1S/C23H25F2NO2/c1-2-20(27)22-19-12-11-18(26-19)13-21(22)28-23(14-3-7-16(24)8-4-14)15-5-9-17(25)10-6-15/h3-10,18-19,21-23,26H,2,11-13H2,1H3/t18?,19-,21-,22+/m1/s1. The summed E-state index contributed by atoms with van der Waals surface area (Å²) in [6, 6.07) is 12.9. The highest BCUT2D eigenvalue weighted by atomic mass is 19.1. The molecule has 5 heteroatoms. The molecule has 2 heterocycles. The molecule has 2 aliphatic rings. The lowest BCUT2D eigenvalue weighted by atomic mass is 9.84. The smallest absolute Gasteiger partial charge is 0.139 e. The van der Waals surface area contributed by atoms with Gasteiger partial charge in [0.05, 0.1) is 12.0 Å². The van der Waals surface area contributed by atoms with E-state index in [4.69, 9.17) is 4.74 Å². The fourth-order valence-electron chi connectivity index (χ4n) is 4.61. The summed E-state index contributed by atoms with van der Waals surface area (Å²) >= 11 is 0. The van der Waals surface area contributed by atoms with Crippen LogP contribution in [0.5, 0.6) is 0 Å². The molecule has 3 nitrogen and oxygen atoms in total. The van der Waals surface area contributed by atoms with Gasteiger partial charge in [0.15, 0.2) is 0 Å². The Hall–Kier alpha value is -2.11. The Morgan fingerprint density at radius 2 is 1.61 bits per heavy atom. The van der Waals surface area contributed by atoms with Gasteiger partial charge < -0.3 is 10.1 Å². The van der Waals surface area contributed by atoms with Crippen LogP contribution in [-0.4, -0.2) is 24.0 Å². The maximum atomic E-state index is 13.4. The van der Waals surface area contributed by atoms with Gasteiger partial charge in [-0.2, -0.15) is 0 Å². The van der Waals surface area contributed by atoms with Gasteiger partial charge in [0.2, 0.25) is 0 Å². The summed E-state index contributed by atoms with van der Waals surface area (Å²) in [7, 11) is 0. The Balaban J connectivity index is 1.67. The number of ketones is 1. The van der Waals surface area contributed by atoms with Crippen LogP contribution in [0.15, 0.2) is 48.5 Å². The van der Waals surface area contributed by atoms with E-state index >= 15 is 0 Å². The highest BCUT2D eigenvalue weighted by molar-refractivity contribution is 5.82. The van der Waals surface area contributed by atoms with Crippen molar-refractivity contribution in [2.45, 2.75) is 56.9 Å². The number of carbonyl (C=O) groups is 1. The van der Waals surface area contributed by atoms with Crippen molar-refractivity contribution in [3.05, 3.63) is 71.3 Å². The molecule has 4 atom stereocenters. The lowest BCUT2D eigenvalue weighted by Crippen LogP contribution is -2.52. The van der Waals surface area contributed by atoms with Crippen molar-refractivity contribution in [1.29, 1.82) is 0 Å². The summed E-state index contributed by atoms with van der Waals surface area (Å²) in [6.07, 6.45) is 2.59. The van der Waals surface area contributed by atoms with Crippen molar-refractivity contribution in [1.82, 2.24) is 5.32 Å². The minimum atomic E-state index is -0.476. The normalized spacial score (nSPS) is 26.6. The molecule has 4 rings (SSSR count). The number of rotatable bonds is 6. The van der Waals surface area contributed by atoms with E-state index in [-0.39, 0.29) is 35.5 Å². The molecule has 2 bridgehead atoms. The van der Waals surface area contributed by atoms with E-state index in [9.17, 15) is 13.6 Å². The first-order chi connectivity index (χ1) is 13.5. The van der Waals surface area contributed by atoms with Gasteiger partial charge in [0.25, 0.3) is 0 Å². The topological polar surface area (TPSA) is 38.3 Å². The summed E-state index contributed by atoms with van der Waals surface area (Å²) in [5, 5.41) is 3.55. The first-order valence-corrected chi connectivity index (χ1v) is 10.00. The molecule has 0 amide bonds. The van der Waals surface area contributed by atoms with Crippen molar-refractivity contribution in [3.8, 4) is 0 Å². The zero-order chi connectivity index (χ0) is 19.7. The average Bonchev–Trinajstić information content (AvgIpc) is 3.08. The lowest BCUT2D eigenvalue weighted by molar-refractivity contribution is -0.133. The quantitative estimate of drug-likeness (QED) is 0.792. The molecule has 2 aromatic carbocycles. The van der Waals surface area contributed by atoms with Crippen LogP contribution in [0.25, 0.3) is 0 Å². The van der Waals surface area contributed by atoms with Gasteiger partial charge in [-0.3, -0.25) is 4.79 Å². The summed E-state index contributed by atoms with van der Waals surface area (Å²) in [5.41, 5.74) is 1.59. The second-order valence-electron chi connectivity index (χ2n) is 7.79. The van der Waals surface area contributed by atoms with Gasteiger partial charge in [-0.05, 0) is 54.7 Å². The van der Waals surface area contributed by atoms with Crippen LogP contribution in [-0.2, 0) is 9.53 Å². The van der Waals surface area contributed by atoms with Gasteiger partial charge in [0.1, 0.15) is 23.5 Å². The summed E-state index contributed by atoms with van der Waals surface area (Å²) in [5.74, 6) is -0.618. The van der Waals surface area contributed by atoms with Crippen molar-refractivity contribution in [2.24, 2.45) is 5.92 Å². The SMILES string of the molecule is CCC(=O)[C@@H]1[C@H]2CCC(C[C@H]1OC(c1ccc(F)cc1)c1ccc(F)cc1)N2. The highest BCUT2D eigenvalue weighted by Gasteiger charge is 2.45. The van der Waals surface area contributed by atoms with Gasteiger partial charge in [-0.25, -0.2) is 8.78 Å². The Morgan fingerprint density at radius 3 is 2.14 bits per heavy atom. The molecule has 1 N–H and O–H groups in total. The van der Waals surface area contributed by atoms with E-state index in [1.54, 1.807) is 24.3 Å². The number of halogens is 2. The largest absolute Gasteiger partial charge is 0.365 e. The van der Waals surface area contributed by atoms with Gasteiger partial charge in [-0.1, -0.05) is 31.2 Å². The molecular weight excluding hydrogens is 360 g/mol. The minimum absolute atomic E-state index is 0.151. The fraction of sp³-hybridized carbons (Fsp3) is 0.435. The number of Topliss-reactive ketones (excluding diaryl/α,β-unsaturated/α-hetero) is 1. The predicted octanol–water partition coefficient (Wildman–Crippen LogP) is 4.56. The van der Waals surface area contributed by atoms with E-state index in [0.717, 1.165) is 30.4 Å². The van der Waals surface area contributed by atoms with Crippen LogP contribution >= 0.6 is 0 Å². The predicted molar refractivity (Wildman–Crippen MR) is 103 cm³/mol. The number of hydrogen-bond acceptors (Lipinski definition) is 3. The van der Waals surface area contributed by atoms with Crippen LogP contribution in [0.3, 0.4) is 0 Å². The number of benzene rings is 2. The number of fused-ring (bicyclic) bond motifs is 2. The zero-order valence-corrected chi connectivity index (χ0v) is 15.9. The van der Waals surface area contributed by atoms with E-state index in [1.165, 1.54) is 24.3 Å². The van der Waals surface area contributed by atoms with Crippen molar-refractivity contribution >= 4 is 5.78 Å². The molecule has 0 spiro atoms. The van der Waals surface area contributed by atoms with Crippen LogP contribution in [0.2, 0.25) is 0 Å². The lowest BCUT2D eigenvalue weighted by Gasteiger charge is -2.38. The number of ether oxygens (including phenoxy) is 1. The van der Waals surface area contributed by atoms with E-state index in [1.807, 2.05) is 6.92 Å². The van der Waals surface area contributed by atoms with Crippen LogP contribution in [0.4, 0.5) is 8.78 Å². The molecule has 2 aliphatic heterocycles. The van der Waals surface area contributed by atoms with Crippen LogP contribution in [0.1, 0.15) is 49.8 Å². The molecule has 0 aliphatic carbocycles. The number of hydrogen-bond donors (Lipinski definition) is 1.